The van der Waals surface area contributed by atoms with Crippen molar-refractivity contribution in [2.24, 2.45) is 0 Å². The quantitative estimate of drug-likeness (QED) is 0.364. The number of pyridine rings is 1. The largest absolute Gasteiger partial charge is 0.380 e. The Kier molecular flexibility index (Phi) is 7.47. The molecule has 2 aromatic carbocycles. The molecular formula is C25H29N5O3. The fourth-order valence-electron chi connectivity index (χ4n) is 4.05. The number of benzene rings is 1. The van der Waals surface area contributed by atoms with Gasteiger partial charge in [0.1, 0.15) is 11.4 Å². The standard InChI is InChI=1S/C25H29N5O3/c31-23-21(22(24(23)32)28-20-9-12-26-13-10-20)27-11-5-2-6-14-29-15-17-30(18-16-29)25(33)19-7-3-1-4-8-19/h1,3-4,7-10,12-13,27H,2,5-6,11,14-18H2,(H,26,28). The molecule has 1 aromatic heterocycles. The minimum atomic E-state index is -0.487. The highest BCUT2D eigenvalue weighted by molar-refractivity contribution is 5.94. The molecule has 1 aliphatic rings. The molecule has 8 nitrogen and oxygen atoms in total. The van der Waals surface area contributed by atoms with Gasteiger partial charge in [-0.1, -0.05) is 24.6 Å². The molecule has 8 heteroatoms. The number of amides is 1. The molecule has 0 radical (unpaired) electrons. The van der Waals surface area contributed by atoms with Crippen LogP contribution in [0.4, 0.5) is 17.1 Å². The molecular weight excluding hydrogens is 418 g/mol. The van der Waals surface area contributed by atoms with Crippen molar-refractivity contribution in [1.82, 2.24) is 14.8 Å². The zero-order chi connectivity index (χ0) is 23.0. The number of anilines is 3. The van der Waals surface area contributed by atoms with Crippen molar-refractivity contribution in [2.45, 2.75) is 19.3 Å². The Balaban J connectivity index is 1.12. The van der Waals surface area contributed by atoms with Crippen LogP contribution in [0.25, 0.3) is 0 Å². The van der Waals surface area contributed by atoms with Crippen LogP contribution in [0, 0.1) is 0 Å². The summed E-state index contributed by atoms with van der Waals surface area (Å²) in [6, 6.07) is 12.9. The summed E-state index contributed by atoms with van der Waals surface area (Å²) >= 11 is 0. The highest BCUT2D eigenvalue weighted by Gasteiger charge is 2.22. The summed E-state index contributed by atoms with van der Waals surface area (Å²) in [5.74, 6) is 0.109. The molecule has 0 saturated carbocycles. The predicted octanol–water partition coefficient (Wildman–Crippen LogP) is 2.46. The van der Waals surface area contributed by atoms with Crippen molar-refractivity contribution in [3.63, 3.8) is 0 Å². The van der Waals surface area contributed by atoms with E-state index in [1.807, 2.05) is 35.2 Å². The van der Waals surface area contributed by atoms with Gasteiger partial charge in [-0.2, -0.15) is 0 Å². The summed E-state index contributed by atoms with van der Waals surface area (Å²) in [7, 11) is 0. The molecule has 0 unspecified atom stereocenters. The third-order valence-corrected chi connectivity index (χ3v) is 5.99. The number of nitrogens with zero attached hydrogens (tertiary/aromatic N) is 3. The predicted molar refractivity (Wildman–Crippen MR) is 130 cm³/mol. The van der Waals surface area contributed by atoms with E-state index in [4.69, 9.17) is 0 Å². The average molecular weight is 448 g/mol. The van der Waals surface area contributed by atoms with Gasteiger partial charge in [0.2, 0.25) is 0 Å². The fraction of sp³-hybridized carbons (Fsp3) is 0.360. The maximum atomic E-state index is 12.5. The van der Waals surface area contributed by atoms with Crippen LogP contribution in [0.15, 0.2) is 64.4 Å². The molecule has 1 amide bonds. The van der Waals surface area contributed by atoms with E-state index in [1.165, 1.54) is 0 Å². The fourth-order valence-corrected chi connectivity index (χ4v) is 4.05. The topological polar surface area (TPSA) is 94.6 Å². The Hall–Kier alpha value is -3.52. The van der Waals surface area contributed by atoms with Gasteiger partial charge in [0, 0.05) is 56.4 Å². The molecule has 172 valence electrons. The number of rotatable bonds is 10. The summed E-state index contributed by atoms with van der Waals surface area (Å²) in [5, 5.41) is 6.11. The molecule has 1 fully saturated rings. The Morgan fingerprint density at radius 3 is 2.27 bits per heavy atom. The number of aromatic nitrogens is 1. The zero-order valence-electron chi connectivity index (χ0n) is 18.6. The van der Waals surface area contributed by atoms with Gasteiger partial charge in [0.15, 0.2) is 0 Å². The summed E-state index contributed by atoms with van der Waals surface area (Å²) in [5.41, 5.74) is 1.23. The van der Waals surface area contributed by atoms with Gasteiger partial charge < -0.3 is 15.5 Å². The van der Waals surface area contributed by atoms with E-state index >= 15 is 0 Å². The Morgan fingerprint density at radius 1 is 0.848 bits per heavy atom. The number of piperazine rings is 1. The van der Waals surface area contributed by atoms with Gasteiger partial charge in [-0.05, 0) is 43.7 Å². The SMILES string of the molecule is O=C(c1ccccc1)N1CCN(CCCCCNc2c(Nc3ccncc3)c(=O)c2=O)CC1. The summed E-state index contributed by atoms with van der Waals surface area (Å²) in [6.07, 6.45) is 6.25. The van der Waals surface area contributed by atoms with Crippen molar-refractivity contribution < 1.29 is 4.79 Å². The van der Waals surface area contributed by atoms with Gasteiger partial charge in [-0.15, -0.1) is 0 Å². The van der Waals surface area contributed by atoms with Crippen molar-refractivity contribution in [1.29, 1.82) is 0 Å². The number of hydrogen-bond donors (Lipinski definition) is 2. The van der Waals surface area contributed by atoms with Crippen molar-refractivity contribution >= 4 is 23.0 Å². The van der Waals surface area contributed by atoms with Crippen LogP contribution >= 0.6 is 0 Å². The van der Waals surface area contributed by atoms with Crippen molar-refractivity contribution in [2.75, 3.05) is 49.9 Å². The molecule has 4 rings (SSSR count). The van der Waals surface area contributed by atoms with E-state index in [9.17, 15) is 14.4 Å². The van der Waals surface area contributed by atoms with Crippen LogP contribution in [0.3, 0.4) is 0 Å². The average Bonchev–Trinajstić information content (AvgIpc) is 2.88. The second-order valence-corrected chi connectivity index (χ2v) is 8.26. The van der Waals surface area contributed by atoms with E-state index in [0.717, 1.165) is 63.2 Å². The molecule has 0 bridgehead atoms. The van der Waals surface area contributed by atoms with Gasteiger partial charge >= 0.3 is 0 Å². The molecule has 2 N–H and O–H groups in total. The zero-order valence-corrected chi connectivity index (χ0v) is 18.6. The summed E-state index contributed by atoms with van der Waals surface area (Å²) in [6.45, 7) is 4.95. The molecule has 1 saturated heterocycles. The summed E-state index contributed by atoms with van der Waals surface area (Å²) < 4.78 is 0. The van der Waals surface area contributed by atoms with Gasteiger partial charge in [-0.25, -0.2) is 0 Å². The highest BCUT2D eigenvalue weighted by atomic mass is 16.2. The Labute approximate surface area is 192 Å². The lowest BCUT2D eigenvalue weighted by molar-refractivity contribution is 0.0635. The van der Waals surface area contributed by atoms with E-state index in [2.05, 4.69) is 20.5 Å². The molecule has 1 aliphatic heterocycles. The molecule has 33 heavy (non-hydrogen) atoms. The second-order valence-electron chi connectivity index (χ2n) is 8.26. The minimum Gasteiger partial charge on any atom is -0.380 e. The van der Waals surface area contributed by atoms with Gasteiger partial charge in [-0.3, -0.25) is 24.3 Å². The summed E-state index contributed by atoms with van der Waals surface area (Å²) in [4.78, 5) is 44.6. The highest BCUT2D eigenvalue weighted by Crippen LogP contribution is 2.20. The monoisotopic (exact) mass is 447 g/mol. The first-order valence-corrected chi connectivity index (χ1v) is 11.4. The molecule has 0 aliphatic carbocycles. The third-order valence-electron chi connectivity index (χ3n) is 5.99. The Morgan fingerprint density at radius 2 is 1.55 bits per heavy atom. The Bertz CT molecular complexity index is 1120. The van der Waals surface area contributed by atoms with Gasteiger partial charge in [0.25, 0.3) is 16.8 Å². The minimum absolute atomic E-state index is 0.109. The second kappa shape index (κ2) is 10.9. The van der Waals surface area contributed by atoms with E-state index in [-0.39, 0.29) is 5.91 Å². The first-order chi connectivity index (χ1) is 16.1. The lowest BCUT2D eigenvalue weighted by atomic mass is 10.1. The number of nitrogens with one attached hydrogen (secondary N) is 2. The molecule has 2 heterocycles. The van der Waals surface area contributed by atoms with Crippen molar-refractivity contribution in [3.05, 3.63) is 80.9 Å². The van der Waals surface area contributed by atoms with E-state index in [0.29, 0.717) is 17.9 Å². The van der Waals surface area contributed by atoms with Crippen LogP contribution in [-0.4, -0.2) is 60.0 Å². The van der Waals surface area contributed by atoms with Crippen LogP contribution in [0.5, 0.6) is 0 Å². The number of hydrogen-bond acceptors (Lipinski definition) is 7. The van der Waals surface area contributed by atoms with Gasteiger partial charge in [0.05, 0.1) is 0 Å². The van der Waals surface area contributed by atoms with Crippen LogP contribution < -0.4 is 21.5 Å². The first kappa shape index (κ1) is 22.7. The van der Waals surface area contributed by atoms with Crippen LogP contribution in [-0.2, 0) is 0 Å². The van der Waals surface area contributed by atoms with Crippen molar-refractivity contribution in [3.8, 4) is 0 Å². The van der Waals surface area contributed by atoms with Crippen LogP contribution in [0.1, 0.15) is 29.6 Å². The maximum Gasteiger partial charge on any atom is 0.253 e. The smallest absolute Gasteiger partial charge is 0.253 e. The van der Waals surface area contributed by atoms with Crippen LogP contribution in [0.2, 0.25) is 0 Å². The van der Waals surface area contributed by atoms with E-state index < -0.39 is 10.9 Å². The van der Waals surface area contributed by atoms with E-state index in [1.54, 1.807) is 24.5 Å². The molecule has 0 atom stereocenters. The molecule has 0 spiro atoms. The first-order valence-electron chi connectivity index (χ1n) is 11.4. The lowest BCUT2D eigenvalue weighted by Crippen LogP contribution is -2.48. The number of carbonyl (C=O) groups is 1. The number of carbonyl (C=O) groups excluding carboxylic acids is 1. The molecule has 3 aromatic rings. The maximum absolute atomic E-state index is 12.5. The third kappa shape index (κ3) is 5.64. The lowest BCUT2D eigenvalue weighted by Gasteiger charge is -2.34. The normalized spacial score (nSPS) is 14.4. The number of unbranched alkanes of at least 4 members (excludes halogenated alkanes) is 2.